The molecule has 1 rings (SSSR count). The minimum Gasteiger partial charge on any atom is -0.324 e. The number of anilines is 1. The van der Waals surface area contributed by atoms with E-state index in [-0.39, 0.29) is 5.91 Å². The summed E-state index contributed by atoms with van der Waals surface area (Å²) in [5, 5.41) is 3.00. The Morgan fingerprint density at radius 1 is 1.26 bits per heavy atom. The number of carbonyl (C=O) groups excluding carboxylic acids is 1. The maximum atomic E-state index is 12.0. The van der Waals surface area contributed by atoms with E-state index in [4.69, 9.17) is 0 Å². The molecule has 0 aromatic heterocycles. The topological polar surface area (TPSA) is 32.3 Å². The van der Waals surface area contributed by atoms with E-state index < -0.39 is 0 Å². The quantitative estimate of drug-likeness (QED) is 0.825. The van der Waals surface area contributed by atoms with E-state index >= 15 is 0 Å². The highest BCUT2D eigenvalue weighted by Crippen LogP contribution is 2.19. The summed E-state index contributed by atoms with van der Waals surface area (Å²) >= 11 is 0. The van der Waals surface area contributed by atoms with Crippen LogP contribution in [0.15, 0.2) is 29.8 Å². The summed E-state index contributed by atoms with van der Waals surface area (Å²) in [6.07, 6.45) is 2.12. The molecule has 1 aromatic carbocycles. The number of aryl methyl sites for hydroxylation is 2. The van der Waals surface area contributed by atoms with E-state index in [1.54, 1.807) is 0 Å². The third kappa shape index (κ3) is 5.26. The normalized spacial score (nSPS) is 10.4. The van der Waals surface area contributed by atoms with Crippen LogP contribution in [0.25, 0.3) is 0 Å². The Balaban J connectivity index is 2.58. The summed E-state index contributed by atoms with van der Waals surface area (Å²) in [5.41, 5.74) is 4.39. The molecule has 0 aliphatic carbocycles. The standard InChI is InChI=1S/C16H24N2O/c1-12(2)9-10-18(5)11-15(19)17-16-13(3)7-6-8-14(16)4/h6-9H,10-11H2,1-5H3,(H,17,19). The number of hydrogen-bond donors (Lipinski definition) is 1. The van der Waals surface area contributed by atoms with E-state index in [0.717, 1.165) is 23.4 Å². The first-order valence-electron chi connectivity index (χ1n) is 6.58. The molecule has 0 aliphatic heterocycles. The average molecular weight is 260 g/mol. The van der Waals surface area contributed by atoms with Gasteiger partial charge < -0.3 is 5.32 Å². The van der Waals surface area contributed by atoms with Crippen molar-refractivity contribution in [3.05, 3.63) is 41.0 Å². The van der Waals surface area contributed by atoms with E-state index in [1.165, 1.54) is 5.57 Å². The number of benzene rings is 1. The Morgan fingerprint density at radius 2 is 1.84 bits per heavy atom. The predicted octanol–water partition coefficient (Wildman–Crippen LogP) is 3.14. The summed E-state index contributed by atoms with van der Waals surface area (Å²) in [6.45, 7) is 9.33. The molecule has 0 saturated heterocycles. The van der Waals surface area contributed by atoms with Crippen molar-refractivity contribution in [1.82, 2.24) is 4.90 Å². The lowest BCUT2D eigenvalue weighted by Gasteiger charge is -2.16. The van der Waals surface area contributed by atoms with Gasteiger partial charge in [-0.1, -0.05) is 29.8 Å². The number of amides is 1. The lowest BCUT2D eigenvalue weighted by Crippen LogP contribution is -2.30. The number of likely N-dealkylation sites (N-methyl/N-ethyl adjacent to an activating group) is 1. The van der Waals surface area contributed by atoms with E-state index in [1.807, 2.05) is 44.0 Å². The van der Waals surface area contributed by atoms with Crippen LogP contribution in [0.1, 0.15) is 25.0 Å². The Labute approximate surface area is 116 Å². The van der Waals surface area contributed by atoms with Crippen molar-refractivity contribution in [3.63, 3.8) is 0 Å². The monoisotopic (exact) mass is 260 g/mol. The number of nitrogens with one attached hydrogen (secondary N) is 1. The summed E-state index contributed by atoms with van der Waals surface area (Å²) in [4.78, 5) is 14.0. The van der Waals surface area contributed by atoms with Gasteiger partial charge in [0.25, 0.3) is 0 Å². The summed E-state index contributed by atoms with van der Waals surface area (Å²) in [5.74, 6) is 0.0297. The molecule has 1 aromatic rings. The molecule has 104 valence electrons. The Hall–Kier alpha value is -1.61. The molecule has 19 heavy (non-hydrogen) atoms. The summed E-state index contributed by atoms with van der Waals surface area (Å²) < 4.78 is 0. The molecule has 0 saturated carbocycles. The second-order valence-electron chi connectivity index (χ2n) is 5.29. The van der Waals surface area contributed by atoms with Crippen molar-refractivity contribution in [3.8, 4) is 0 Å². The van der Waals surface area contributed by atoms with E-state index in [0.29, 0.717) is 6.54 Å². The number of nitrogens with zero attached hydrogens (tertiary/aromatic N) is 1. The molecule has 0 atom stereocenters. The second kappa shape index (κ2) is 7.10. The van der Waals surface area contributed by atoms with Gasteiger partial charge in [0.15, 0.2) is 0 Å². The first-order valence-corrected chi connectivity index (χ1v) is 6.58. The van der Waals surface area contributed by atoms with Gasteiger partial charge in [0.2, 0.25) is 5.91 Å². The van der Waals surface area contributed by atoms with Crippen molar-refractivity contribution in [2.24, 2.45) is 0 Å². The van der Waals surface area contributed by atoms with Crippen LogP contribution in [0, 0.1) is 13.8 Å². The van der Waals surface area contributed by atoms with Gasteiger partial charge in [0.05, 0.1) is 6.54 Å². The second-order valence-corrected chi connectivity index (χ2v) is 5.29. The first kappa shape index (κ1) is 15.4. The number of carbonyl (C=O) groups is 1. The van der Waals surface area contributed by atoms with Crippen LogP contribution in [-0.2, 0) is 4.79 Å². The SMILES string of the molecule is CC(C)=CCN(C)CC(=O)Nc1c(C)cccc1C. The molecule has 1 amide bonds. The average Bonchev–Trinajstić information content (AvgIpc) is 2.31. The lowest BCUT2D eigenvalue weighted by molar-refractivity contribution is -0.116. The maximum absolute atomic E-state index is 12.0. The zero-order valence-electron chi connectivity index (χ0n) is 12.6. The highest BCUT2D eigenvalue weighted by molar-refractivity contribution is 5.93. The van der Waals surface area contributed by atoms with Gasteiger partial charge in [0.1, 0.15) is 0 Å². The van der Waals surface area contributed by atoms with E-state index in [2.05, 4.69) is 25.2 Å². The fourth-order valence-corrected chi connectivity index (χ4v) is 1.84. The van der Waals surface area contributed by atoms with Gasteiger partial charge in [-0.2, -0.15) is 0 Å². The zero-order chi connectivity index (χ0) is 14.4. The molecule has 0 spiro atoms. The molecule has 0 fully saturated rings. The van der Waals surface area contributed by atoms with Crippen molar-refractivity contribution in [1.29, 1.82) is 0 Å². The summed E-state index contributed by atoms with van der Waals surface area (Å²) in [6, 6.07) is 6.02. The third-order valence-corrected chi connectivity index (χ3v) is 2.97. The van der Waals surface area contributed by atoms with Crippen LogP contribution < -0.4 is 5.32 Å². The lowest BCUT2D eigenvalue weighted by atomic mass is 10.1. The van der Waals surface area contributed by atoms with Crippen LogP contribution in [0.2, 0.25) is 0 Å². The molecular weight excluding hydrogens is 236 g/mol. The molecule has 0 bridgehead atoms. The van der Waals surface area contributed by atoms with Gasteiger partial charge in [0, 0.05) is 12.2 Å². The predicted molar refractivity (Wildman–Crippen MR) is 81.5 cm³/mol. The van der Waals surface area contributed by atoms with Crippen molar-refractivity contribution in [2.45, 2.75) is 27.7 Å². The molecule has 0 unspecified atom stereocenters. The van der Waals surface area contributed by atoms with Crippen molar-refractivity contribution < 1.29 is 4.79 Å². The minimum atomic E-state index is 0.0297. The first-order chi connectivity index (χ1) is 8.90. The Bertz CT molecular complexity index is 453. The van der Waals surface area contributed by atoms with Crippen LogP contribution >= 0.6 is 0 Å². The highest BCUT2D eigenvalue weighted by Gasteiger charge is 2.09. The Kier molecular flexibility index (Phi) is 5.77. The fraction of sp³-hybridized carbons (Fsp3) is 0.438. The molecule has 3 nitrogen and oxygen atoms in total. The van der Waals surface area contributed by atoms with Crippen LogP contribution in [0.4, 0.5) is 5.69 Å². The van der Waals surface area contributed by atoms with E-state index in [9.17, 15) is 4.79 Å². The molecular formula is C16H24N2O. The zero-order valence-corrected chi connectivity index (χ0v) is 12.6. The van der Waals surface area contributed by atoms with Crippen LogP contribution in [0.3, 0.4) is 0 Å². The van der Waals surface area contributed by atoms with Crippen molar-refractivity contribution >= 4 is 11.6 Å². The molecule has 0 radical (unpaired) electrons. The highest BCUT2D eigenvalue weighted by atomic mass is 16.2. The number of rotatable bonds is 5. The fourth-order valence-electron chi connectivity index (χ4n) is 1.84. The number of allylic oxidation sites excluding steroid dienone is 1. The number of hydrogen-bond acceptors (Lipinski definition) is 2. The van der Waals surface area contributed by atoms with Crippen LogP contribution in [-0.4, -0.2) is 30.9 Å². The van der Waals surface area contributed by atoms with Crippen LogP contribution in [0.5, 0.6) is 0 Å². The third-order valence-electron chi connectivity index (χ3n) is 2.97. The Morgan fingerprint density at radius 3 is 2.37 bits per heavy atom. The van der Waals surface area contributed by atoms with Gasteiger partial charge in [-0.05, 0) is 45.9 Å². The molecule has 0 heterocycles. The van der Waals surface area contributed by atoms with Gasteiger partial charge >= 0.3 is 0 Å². The van der Waals surface area contributed by atoms with Crippen molar-refractivity contribution in [2.75, 3.05) is 25.5 Å². The summed E-state index contributed by atoms with van der Waals surface area (Å²) in [7, 11) is 1.95. The maximum Gasteiger partial charge on any atom is 0.238 e. The minimum absolute atomic E-state index is 0.0297. The van der Waals surface area contributed by atoms with Gasteiger partial charge in [-0.15, -0.1) is 0 Å². The largest absolute Gasteiger partial charge is 0.324 e. The molecule has 0 aliphatic rings. The smallest absolute Gasteiger partial charge is 0.238 e. The molecule has 3 heteroatoms. The van der Waals surface area contributed by atoms with Gasteiger partial charge in [-0.25, -0.2) is 0 Å². The molecule has 1 N–H and O–H groups in total. The van der Waals surface area contributed by atoms with Gasteiger partial charge in [-0.3, -0.25) is 9.69 Å². The number of para-hydroxylation sites is 1.